The lowest BCUT2D eigenvalue weighted by molar-refractivity contribution is -0.123. The van der Waals surface area contributed by atoms with Crippen LogP contribution in [0.4, 0.5) is 0 Å². The molecule has 0 aromatic heterocycles. The first-order valence-electron chi connectivity index (χ1n) is 7.53. The molecule has 0 aliphatic heterocycles. The Hall–Kier alpha value is -2.53. The van der Waals surface area contributed by atoms with Crippen LogP contribution in [-0.4, -0.2) is 25.3 Å². The molecule has 2 aromatic rings. The van der Waals surface area contributed by atoms with Crippen molar-refractivity contribution in [2.45, 2.75) is 13.8 Å². The zero-order valence-electron chi connectivity index (χ0n) is 13.6. The van der Waals surface area contributed by atoms with Crippen LogP contribution in [0.1, 0.15) is 18.1 Å². The average Bonchev–Trinajstić information content (AvgIpc) is 2.56. The summed E-state index contributed by atoms with van der Waals surface area (Å²) in [5.74, 6) is 0.973. The van der Waals surface area contributed by atoms with Crippen LogP contribution in [0.3, 0.4) is 0 Å². The van der Waals surface area contributed by atoms with E-state index in [-0.39, 0.29) is 12.5 Å². The van der Waals surface area contributed by atoms with E-state index in [9.17, 15) is 4.79 Å². The highest BCUT2D eigenvalue weighted by Gasteiger charge is 2.05. The van der Waals surface area contributed by atoms with E-state index >= 15 is 0 Å². The summed E-state index contributed by atoms with van der Waals surface area (Å²) in [6.45, 7) is 4.20. The molecule has 0 bridgehead atoms. The van der Waals surface area contributed by atoms with Crippen LogP contribution in [0, 0.1) is 6.92 Å². The number of nitrogens with one attached hydrogen (secondary N) is 1. The largest absolute Gasteiger partial charge is 0.493 e. The molecule has 0 unspecified atom stereocenters. The number of nitrogens with zero attached hydrogens (tertiary/aromatic N) is 1. The Morgan fingerprint density at radius 2 is 2.00 bits per heavy atom. The maximum absolute atomic E-state index is 11.8. The maximum atomic E-state index is 11.8. The summed E-state index contributed by atoms with van der Waals surface area (Å²) in [4.78, 5) is 11.8. The van der Waals surface area contributed by atoms with Gasteiger partial charge in [0.1, 0.15) is 11.5 Å². The summed E-state index contributed by atoms with van der Waals surface area (Å²) in [5.41, 5.74) is 4.08. The molecular formula is C18H19ClN2O3. The lowest BCUT2D eigenvalue weighted by Gasteiger charge is -2.08. The topological polar surface area (TPSA) is 59.9 Å². The Morgan fingerprint density at radius 3 is 2.75 bits per heavy atom. The number of hydrogen-bond donors (Lipinski definition) is 1. The van der Waals surface area contributed by atoms with E-state index in [1.165, 1.54) is 6.21 Å². The second kappa shape index (κ2) is 8.93. The molecule has 0 aliphatic rings. The third-order valence-electron chi connectivity index (χ3n) is 3.11. The number of rotatable bonds is 7. The van der Waals surface area contributed by atoms with Gasteiger partial charge in [-0.3, -0.25) is 4.79 Å². The summed E-state index contributed by atoms with van der Waals surface area (Å²) in [6, 6.07) is 12.7. The van der Waals surface area contributed by atoms with Crippen LogP contribution in [0.15, 0.2) is 47.6 Å². The number of hydrogen-bond acceptors (Lipinski definition) is 4. The molecule has 6 heteroatoms. The van der Waals surface area contributed by atoms with E-state index in [1.54, 1.807) is 18.2 Å². The fraction of sp³-hybridized carbons (Fsp3) is 0.222. The monoisotopic (exact) mass is 346 g/mol. The van der Waals surface area contributed by atoms with Crippen molar-refractivity contribution >= 4 is 23.7 Å². The molecule has 1 amide bonds. The summed E-state index contributed by atoms with van der Waals surface area (Å²) in [6.07, 6.45) is 1.54. The normalized spacial score (nSPS) is 10.6. The number of amides is 1. The van der Waals surface area contributed by atoms with Gasteiger partial charge < -0.3 is 9.47 Å². The van der Waals surface area contributed by atoms with Gasteiger partial charge >= 0.3 is 0 Å². The molecule has 0 saturated carbocycles. The SMILES string of the molecule is CCOc1ccccc1/C=N/NC(=O)COc1ccc(Cl)cc1C. The zero-order chi connectivity index (χ0) is 17.4. The second-order valence-electron chi connectivity index (χ2n) is 4.96. The quantitative estimate of drug-likeness (QED) is 0.615. The lowest BCUT2D eigenvalue weighted by atomic mass is 10.2. The summed E-state index contributed by atoms with van der Waals surface area (Å²) in [7, 11) is 0. The van der Waals surface area contributed by atoms with Crippen molar-refractivity contribution in [3.05, 3.63) is 58.6 Å². The third kappa shape index (κ3) is 5.28. The predicted molar refractivity (Wildman–Crippen MR) is 95.0 cm³/mol. The number of carbonyl (C=O) groups excluding carboxylic acids is 1. The smallest absolute Gasteiger partial charge is 0.277 e. The fourth-order valence-corrected chi connectivity index (χ4v) is 2.22. The summed E-state index contributed by atoms with van der Waals surface area (Å²) < 4.78 is 10.9. The highest BCUT2D eigenvalue weighted by atomic mass is 35.5. The van der Waals surface area contributed by atoms with E-state index < -0.39 is 0 Å². The Kier molecular flexibility index (Phi) is 6.63. The van der Waals surface area contributed by atoms with Gasteiger partial charge in [0.2, 0.25) is 0 Å². The van der Waals surface area contributed by atoms with Gasteiger partial charge in [0.05, 0.1) is 12.8 Å². The van der Waals surface area contributed by atoms with Gasteiger partial charge in [0.15, 0.2) is 6.61 Å². The number of aryl methyl sites for hydroxylation is 1. The van der Waals surface area contributed by atoms with Crippen molar-refractivity contribution in [1.29, 1.82) is 0 Å². The van der Waals surface area contributed by atoms with Gasteiger partial charge in [0.25, 0.3) is 5.91 Å². The van der Waals surface area contributed by atoms with Crippen molar-refractivity contribution in [3.63, 3.8) is 0 Å². The Balaban J connectivity index is 1.87. The van der Waals surface area contributed by atoms with Gasteiger partial charge in [-0.1, -0.05) is 23.7 Å². The Bertz CT molecular complexity index is 732. The molecule has 0 fully saturated rings. The molecule has 5 nitrogen and oxygen atoms in total. The van der Waals surface area contributed by atoms with Crippen molar-refractivity contribution < 1.29 is 14.3 Å². The van der Waals surface area contributed by atoms with Gasteiger partial charge in [-0.25, -0.2) is 5.43 Å². The number of ether oxygens (including phenoxy) is 2. The van der Waals surface area contributed by atoms with Crippen LogP contribution < -0.4 is 14.9 Å². The maximum Gasteiger partial charge on any atom is 0.277 e. The van der Waals surface area contributed by atoms with Crippen LogP contribution in [0.5, 0.6) is 11.5 Å². The first-order valence-corrected chi connectivity index (χ1v) is 7.90. The van der Waals surface area contributed by atoms with Crippen molar-refractivity contribution in [3.8, 4) is 11.5 Å². The standard InChI is InChI=1S/C18H19ClN2O3/c1-3-23-17-7-5-4-6-14(17)11-20-21-18(22)12-24-16-9-8-15(19)10-13(16)2/h4-11H,3,12H2,1-2H3,(H,21,22)/b20-11+. The van der Waals surface area contributed by atoms with Crippen molar-refractivity contribution in [1.82, 2.24) is 5.43 Å². The molecule has 0 aliphatic carbocycles. The molecule has 2 rings (SSSR count). The average molecular weight is 347 g/mol. The lowest BCUT2D eigenvalue weighted by Crippen LogP contribution is -2.24. The summed E-state index contributed by atoms with van der Waals surface area (Å²) in [5, 5.41) is 4.55. The highest BCUT2D eigenvalue weighted by molar-refractivity contribution is 6.30. The zero-order valence-corrected chi connectivity index (χ0v) is 14.3. The molecule has 1 N–H and O–H groups in total. The number of benzene rings is 2. The van der Waals surface area contributed by atoms with Gasteiger partial charge in [-0.05, 0) is 49.7 Å². The minimum Gasteiger partial charge on any atom is -0.493 e. The molecule has 24 heavy (non-hydrogen) atoms. The molecule has 2 aromatic carbocycles. The number of hydrazone groups is 1. The summed E-state index contributed by atoms with van der Waals surface area (Å²) >= 11 is 5.88. The molecule has 0 spiro atoms. The predicted octanol–water partition coefficient (Wildman–Crippen LogP) is 3.58. The first-order chi connectivity index (χ1) is 11.6. The van der Waals surface area contributed by atoms with Gasteiger partial charge in [0, 0.05) is 10.6 Å². The third-order valence-corrected chi connectivity index (χ3v) is 3.34. The minimum atomic E-state index is -0.352. The molecule has 126 valence electrons. The van der Waals surface area contributed by atoms with E-state index in [4.69, 9.17) is 21.1 Å². The highest BCUT2D eigenvalue weighted by Crippen LogP contribution is 2.21. The van der Waals surface area contributed by atoms with Crippen LogP contribution in [0.25, 0.3) is 0 Å². The van der Waals surface area contributed by atoms with E-state index in [0.717, 1.165) is 11.1 Å². The van der Waals surface area contributed by atoms with Crippen molar-refractivity contribution in [2.75, 3.05) is 13.2 Å². The number of para-hydroxylation sites is 1. The second-order valence-corrected chi connectivity index (χ2v) is 5.40. The van der Waals surface area contributed by atoms with Crippen molar-refractivity contribution in [2.24, 2.45) is 5.10 Å². The number of halogens is 1. The number of carbonyl (C=O) groups is 1. The minimum absolute atomic E-state index is 0.132. The molecule has 0 saturated heterocycles. The van der Waals surface area contributed by atoms with Gasteiger partial charge in [-0.2, -0.15) is 5.10 Å². The molecular weight excluding hydrogens is 328 g/mol. The van der Waals surface area contributed by atoms with E-state index in [0.29, 0.717) is 23.1 Å². The van der Waals surface area contributed by atoms with Gasteiger partial charge in [-0.15, -0.1) is 0 Å². The fourth-order valence-electron chi connectivity index (χ4n) is 2.00. The van der Waals surface area contributed by atoms with Crippen LogP contribution >= 0.6 is 11.6 Å². The first kappa shape index (κ1) is 17.8. The Labute approximate surface area is 146 Å². The van der Waals surface area contributed by atoms with Crippen LogP contribution in [-0.2, 0) is 4.79 Å². The Morgan fingerprint density at radius 1 is 1.21 bits per heavy atom. The molecule has 0 radical (unpaired) electrons. The van der Waals surface area contributed by atoms with E-state index in [1.807, 2.05) is 38.1 Å². The van der Waals surface area contributed by atoms with Crippen LogP contribution in [0.2, 0.25) is 5.02 Å². The molecule has 0 atom stereocenters. The molecule has 0 heterocycles. The van der Waals surface area contributed by atoms with E-state index in [2.05, 4.69) is 10.5 Å².